The second-order valence-electron chi connectivity index (χ2n) is 4.64. The van der Waals surface area contributed by atoms with E-state index < -0.39 is 40.6 Å². The van der Waals surface area contributed by atoms with E-state index in [0.717, 1.165) is 6.07 Å². The fourth-order valence-electron chi connectivity index (χ4n) is 1.80. The third-order valence-corrected chi connectivity index (χ3v) is 3.01. The lowest BCUT2D eigenvalue weighted by Crippen LogP contribution is -2.36. The fraction of sp³-hybridized carbons (Fsp3) is 0.214. The van der Waals surface area contributed by atoms with E-state index in [-0.39, 0.29) is 11.3 Å². The van der Waals surface area contributed by atoms with Gasteiger partial charge in [-0.25, -0.2) is 0 Å². The predicted molar refractivity (Wildman–Crippen MR) is 82.1 cm³/mol. The number of hydrogen-bond donors (Lipinski definition) is 4. The Balaban J connectivity index is 3.45. The van der Waals surface area contributed by atoms with Crippen LogP contribution >= 0.6 is 0 Å². The van der Waals surface area contributed by atoms with Crippen LogP contribution in [0.1, 0.15) is 11.1 Å². The van der Waals surface area contributed by atoms with Crippen LogP contribution in [0.25, 0.3) is 5.76 Å². The van der Waals surface area contributed by atoms with Gasteiger partial charge in [0.05, 0.1) is 4.92 Å². The number of nitro groups is 1. The monoisotopic (exact) mass is 337 g/mol. The van der Waals surface area contributed by atoms with Crippen LogP contribution in [0.2, 0.25) is 0 Å². The number of nitrogens with zero attached hydrogens (tertiary/aromatic N) is 1. The Morgan fingerprint density at radius 3 is 2.33 bits per heavy atom. The summed E-state index contributed by atoms with van der Waals surface area (Å²) < 4.78 is 0. The molecule has 0 fully saturated rings. The Hall–Kier alpha value is -3.43. The maximum absolute atomic E-state index is 12.0. The second-order valence-corrected chi connectivity index (χ2v) is 4.64. The number of amides is 2. The molecule has 2 amide bonds. The van der Waals surface area contributed by atoms with Gasteiger partial charge in [-0.1, -0.05) is 6.07 Å². The molecule has 128 valence electrons. The number of carboxylic acids is 1. The fourth-order valence-corrected chi connectivity index (χ4v) is 1.80. The summed E-state index contributed by atoms with van der Waals surface area (Å²) in [5, 5.41) is 33.8. The molecule has 1 aromatic carbocycles. The zero-order chi connectivity index (χ0) is 18.4. The number of aliphatic carboxylic acids is 1. The molecule has 0 atom stereocenters. The van der Waals surface area contributed by atoms with Crippen molar-refractivity contribution in [3.05, 3.63) is 45.0 Å². The first-order chi connectivity index (χ1) is 11.2. The van der Waals surface area contributed by atoms with Crippen LogP contribution in [0, 0.1) is 17.0 Å². The molecule has 0 radical (unpaired) electrons. The van der Waals surface area contributed by atoms with Gasteiger partial charge >= 0.3 is 5.97 Å². The van der Waals surface area contributed by atoms with Crippen LogP contribution in [0.5, 0.6) is 0 Å². The van der Waals surface area contributed by atoms with Crippen LogP contribution in [0.15, 0.2) is 23.8 Å². The number of benzene rings is 1. The molecule has 10 nitrogen and oxygen atoms in total. The molecule has 0 saturated carbocycles. The van der Waals surface area contributed by atoms with E-state index in [0.29, 0.717) is 5.56 Å². The van der Waals surface area contributed by atoms with E-state index in [1.807, 2.05) is 5.32 Å². The first-order valence-electron chi connectivity index (χ1n) is 6.59. The molecule has 24 heavy (non-hydrogen) atoms. The third-order valence-electron chi connectivity index (χ3n) is 3.01. The van der Waals surface area contributed by atoms with Crippen molar-refractivity contribution in [1.82, 2.24) is 10.6 Å². The summed E-state index contributed by atoms with van der Waals surface area (Å²) in [6.07, 6.45) is 0. The third kappa shape index (κ3) is 4.29. The Labute approximate surface area is 135 Å². The van der Waals surface area contributed by atoms with Gasteiger partial charge in [0.25, 0.3) is 17.5 Å². The van der Waals surface area contributed by atoms with Gasteiger partial charge in [-0.15, -0.1) is 0 Å². The molecule has 0 bridgehead atoms. The normalized spacial score (nSPS) is 11.2. The second kappa shape index (κ2) is 7.72. The van der Waals surface area contributed by atoms with Crippen molar-refractivity contribution >= 4 is 29.2 Å². The number of carbonyl (C=O) groups is 3. The van der Waals surface area contributed by atoms with E-state index in [2.05, 4.69) is 5.32 Å². The number of hydrogen-bond acceptors (Lipinski definition) is 6. The van der Waals surface area contributed by atoms with Crippen LogP contribution < -0.4 is 10.6 Å². The highest BCUT2D eigenvalue weighted by Crippen LogP contribution is 2.25. The molecule has 0 spiro atoms. The Bertz CT molecular complexity index is 740. The van der Waals surface area contributed by atoms with Crippen molar-refractivity contribution in [1.29, 1.82) is 0 Å². The highest BCUT2D eigenvalue weighted by Gasteiger charge is 2.25. The van der Waals surface area contributed by atoms with Gasteiger partial charge in [-0.05, 0) is 12.5 Å². The van der Waals surface area contributed by atoms with Gasteiger partial charge in [-0.3, -0.25) is 24.5 Å². The van der Waals surface area contributed by atoms with Crippen LogP contribution in [0.3, 0.4) is 0 Å². The summed E-state index contributed by atoms with van der Waals surface area (Å²) >= 11 is 0. The van der Waals surface area contributed by atoms with Gasteiger partial charge in [0.1, 0.15) is 17.9 Å². The van der Waals surface area contributed by atoms with Gasteiger partial charge in [0.2, 0.25) is 0 Å². The standard InChI is InChI=1S/C14H15N3O7/c1-7-3-4-8(17(23)24)5-9(7)12(20)11(13(21)15-2)14(22)16-6-10(18)19/h3-5,20H,6H2,1-2H3,(H,15,21)(H,16,22)(H,18,19)/b12-11-. The van der Waals surface area contributed by atoms with Gasteiger partial charge in [0.15, 0.2) is 0 Å². The van der Waals surface area contributed by atoms with Crippen molar-refractivity contribution in [3.63, 3.8) is 0 Å². The zero-order valence-corrected chi connectivity index (χ0v) is 12.8. The van der Waals surface area contributed by atoms with Crippen LogP contribution in [-0.4, -0.2) is 46.5 Å². The SMILES string of the molecule is CNC(=O)/C(C(=O)NCC(=O)O)=C(/O)c1cc([N+](=O)[O-])ccc1C. The van der Waals surface area contributed by atoms with Gasteiger partial charge in [-0.2, -0.15) is 0 Å². The van der Waals surface area contributed by atoms with Crippen molar-refractivity contribution in [3.8, 4) is 0 Å². The Morgan fingerprint density at radius 1 is 1.21 bits per heavy atom. The average molecular weight is 337 g/mol. The van der Waals surface area contributed by atoms with Crippen molar-refractivity contribution in [2.45, 2.75) is 6.92 Å². The van der Waals surface area contributed by atoms with Gasteiger partial charge < -0.3 is 20.8 Å². The summed E-state index contributed by atoms with van der Waals surface area (Å²) in [5.41, 5.74) is -0.800. The summed E-state index contributed by atoms with van der Waals surface area (Å²) in [6.45, 7) is 0.756. The molecular formula is C14H15N3O7. The topological polar surface area (TPSA) is 159 Å². The van der Waals surface area contributed by atoms with E-state index in [4.69, 9.17) is 5.11 Å². The minimum Gasteiger partial charge on any atom is -0.506 e. The minimum absolute atomic E-state index is 0.0896. The zero-order valence-electron chi connectivity index (χ0n) is 12.8. The molecule has 1 aromatic rings. The van der Waals surface area contributed by atoms with E-state index >= 15 is 0 Å². The Kier molecular flexibility index (Phi) is 5.99. The summed E-state index contributed by atoms with van der Waals surface area (Å²) in [5.74, 6) is -4.23. The molecule has 0 heterocycles. The number of nitrogens with one attached hydrogen (secondary N) is 2. The van der Waals surface area contributed by atoms with E-state index in [9.17, 15) is 29.6 Å². The summed E-state index contributed by atoms with van der Waals surface area (Å²) in [4.78, 5) is 44.5. The number of likely N-dealkylation sites (N-methyl/N-ethyl adjacent to an activating group) is 1. The smallest absolute Gasteiger partial charge is 0.322 e. The average Bonchev–Trinajstić information content (AvgIpc) is 2.52. The highest BCUT2D eigenvalue weighted by molar-refractivity contribution is 6.23. The number of aryl methyl sites for hydroxylation is 1. The first kappa shape index (κ1) is 18.6. The number of carboxylic acid groups (broad SMARTS) is 1. The summed E-state index contributed by atoms with van der Waals surface area (Å²) in [6, 6.07) is 3.56. The molecule has 0 aliphatic heterocycles. The van der Waals surface area contributed by atoms with Crippen LogP contribution in [0.4, 0.5) is 5.69 Å². The quantitative estimate of drug-likeness (QED) is 0.143. The largest absolute Gasteiger partial charge is 0.506 e. The van der Waals surface area contributed by atoms with Gasteiger partial charge in [0, 0.05) is 24.7 Å². The molecular weight excluding hydrogens is 322 g/mol. The lowest BCUT2D eigenvalue weighted by molar-refractivity contribution is -0.384. The molecule has 0 aliphatic rings. The maximum atomic E-state index is 12.0. The van der Waals surface area contributed by atoms with Crippen molar-refractivity contribution < 1.29 is 29.5 Å². The molecule has 0 aromatic heterocycles. The van der Waals surface area contributed by atoms with E-state index in [1.54, 1.807) is 0 Å². The van der Waals surface area contributed by atoms with Crippen molar-refractivity contribution in [2.75, 3.05) is 13.6 Å². The first-order valence-corrected chi connectivity index (χ1v) is 6.59. The highest BCUT2D eigenvalue weighted by atomic mass is 16.6. The number of aliphatic hydroxyl groups excluding tert-OH is 1. The molecule has 0 unspecified atom stereocenters. The van der Waals surface area contributed by atoms with Crippen molar-refractivity contribution in [2.24, 2.45) is 0 Å². The predicted octanol–water partition coefficient (Wildman–Crippen LogP) is 0.119. The van der Waals surface area contributed by atoms with E-state index in [1.165, 1.54) is 26.1 Å². The maximum Gasteiger partial charge on any atom is 0.322 e. The lowest BCUT2D eigenvalue weighted by Gasteiger charge is -2.11. The molecule has 0 saturated heterocycles. The summed E-state index contributed by atoms with van der Waals surface area (Å²) in [7, 11) is 1.21. The molecule has 4 N–H and O–H groups in total. The van der Waals surface area contributed by atoms with Crippen LogP contribution in [-0.2, 0) is 14.4 Å². The number of rotatable bonds is 6. The number of non-ortho nitro benzene ring substituents is 1. The number of nitro benzene ring substituents is 1. The molecule has 0 aliphatic carbocycles. The number of aliphatic hydroxyl groups is 1. The number of carbonyl (C=O) groups excluding carboxylic acids is 2. The molecule has 1 rings (SSSR count). The minimum atomic E-state index is -1.34. The Morgan fingerprint density at radius 2 is 1.83 bits per heavy atom. The lowest BCUT2D eigenvalue weighted by atomic mass is 10.0. The molecule has 10 heteroatoms.